The Bertz CT molecular complexity index is 1360. The normalized spacial score (nSPS) is 15.7. The summed E-state index contributed by atoms with van der Waals surface area (Å²) in [5, 5.41) is 4.02. The van der Waals surface area contributed by atoms with E-state index in [9.17, 15) is 13.2 Å². The zero-order valence-electron chi connectivity index (χ0n) is 18.7. The molecule has 11 heteroatoms. The molecule has 178 valence electrons. The molecular weight excluding hydrogens is 447 g/mol. The molecule has 0 saturated carbocycles. The first-order valence-electron chi connectivity index (χ1n) is 10.9. The second kappa shape index (κ2) is 8.32. The van der Waals surface area contributed by atoms with Gasteiger partial charge in [-0.1, -0.05) is 0 Å². The second-order valence-electron chi connectivity index (χ2n) is 8.36. The summed E-state index contributed by atoms with van der Waals surface area (Å²) in [5.41, 5.74) is 7.82. The fourth-order valence-corrected chi connectivity index (χ4v) is 4.27. The van der Waals surface area contributed by atoms with Crippen molar-refractivity contribution in [1.82, 2.24) is 19.4 Å². The van der Waals surface area contributed by atoms with Crippen molar-refractivity contribution in [2.45, 2.75) is 26.1 Å². The van der Waals surface area contributed by atoms with Gasteiger partial charge in [0.1, 0.15) is 11.6 Å². The zero-order valence-corrected chi connectivity index (χ0v) is 18.7. The maximum Gasteiger partial charge on any atom is 0.416 e. The molecule has 1 fully saturated rings. The maximum absolute atomic E-state index is 13.3. The summed E-state index contributed by atoms with van der Waals surface area (Å²) >= 11 is 0. The topological polar surface area (TPSA) is 93.6 Å². The summed E-state index contributed by atoms with van der Waals surface area (Å²) in [6, 6.07) is 5.07. The van der Waals surface area contributed by atoms with Crippen molar-refractivity contribution in [2.24, 2.45) is 0 Å². The van der Waals surface area contributed by atoms with Crippen molar-refractivity contribution < 1.29 is 17.9 Å². The Hall–Kier alpha value is -3.60. The van der Waals surface area contributed by atoms with Gasteiger partial charge in [-0.05, 0) is 43.7 Å². The average molecular weight is 471 g/mol. The van der Waals surface area contributed by atoms with Gasteiger partial charge in [-0.15, -0.1) is 0 Å². The third-order valence-corrected chi connectivity index (χ3v) is 5.93. The smallest absolute Gasteiger partial charge is 0.399 e. The fourth-order valence-electron chi connectivity index (χ4n) is 4.27. The van der Waals surface area contributed by atoms with E-state index in [4.69, 9.17) is 10.5 Å². The number of halogens is 3. The highest BCUT2D eigenvalue weighted by Crippen LogP contribution is 2.35. The van der Waals surface area contributed by atoms with E-state index >= 15 is 0 Å². The molecule has 4 aromatic rings. The van der Waals surface area contributed by atoms with Crippen molar-refractivity contribution in [3.63, 3.8) is 0 Å². The Morgan fingerprint density at radius 2 is 1.85 bits per heavy atom. The van der Waals surface area contributed by atoms with Gasteiger partial charge in [0, 0.05) is 31.2 Å². The maximum atomic E-state index is 13.3. The van der Waals surface area contributed by atoms with Crippen molar-refractivity contribution in [3.05, 3.63) is 53.6 Å². The molecule has 1 aromatic carbocycles. The molecule has 3 aromatic heterocycles. The summed E-state index contributed by atoms with van der Waals surface area (Å²) in [7, 11) is 0. The number of aryl methyl sites for hydroxylation is 1. The minimum absolute atomic E-state index is 0.0527. The quantitative estimate of drug-likeness (QED) is 0.431. The molecule has 1 aliphatic rings. The molecule has 1 aliphatic heterocycles. The molecule has 0 bridgehead atoms. The molecule has 0 radical (unpaired) electrons. The van der Waals surface area contributed by atoms with Crippen LogP contribution in [0.5, 0.6) is 0 Å². The van der Waals surface area contributed by atoms with Crippen molar-refractivity contribution in [1.29, 1.82) is 0 Å². The Morgan fingerprint density at radius 1 is 1.09 bits per heavy atom. The van der Waals surface area contributed by atoms with Crippen molar-refractivity contribution >= 4 is 33.9 Å². The lowest BCUT2D eigenvalue weighted by atomic mass is 10.0. The third-order valence-electron chi connectivity index (χ3n) is 5.93. The predicted octanol–water partition coefficient (Wildman–Crippen LogP) is 4.20. The zero-order chi connectivity index (χ0) is 24.0. The number of pyridine rings is 1. The first kappa shape index (κ1) is 22.2. The van der Waals surface area contributed by atoms with Crippen LogP contribution >= 0.6 is 0 Å². The molecule has 0 spiro atoms. The van der Waals surface area contributed by atoms with Crippen LogP contribution in [0.15, 0.2) is 36.7 Å². The van der Waals surface area contributed by atoms with Gasteiger partial charge < -0.3 is 20.7 Å². The molecule has 8 nitrogen and oxygen atoms in total. The number of hydrogen-bond donors (Lipinski definition) is 2. The number of benzene rings is 1. The van der Waals surface area contributed by atoms with Crippen molar-refractivity contribution in [3.8, 4) is 0 Å². The van der Waals surface area contributed by atoms with Gasteiger partial charge in [0.05, 0.1) is 35.9 Å². The molecular formula is C23H24F3N7O. The van der Waals surface area contributed by atoms with Gasteiger partial charge >= 0.3 is 6.18 Å². The van der Waals surface area contributed by atoms with Gasteiger partial charge in [0.15, 0.2) is 11.3 Å². The van der Waals surface area contributed by atoms with Crippen LogP contribution < -0.4 is 16.0 Å². The van der Waals surface area contributed by atoms with Crippen LogP contribution in [-0.4, -0.2) is 45.7 Å². The van der Waals surface area contributed by atoms with Gasteiger partial charge in [-0.2, -0.15) is 13.2 Å². The van der Waals surface area contributed by atoms with Crippen LogP contribution in [-0.2, 0) is 10.9 Å². The Balaban J connectivity index is 1.60. The summed E-state index contributed by atoms with van der Waals surface area (Å²) in [4.78, 5) is 15.9. The number of rotatable bonds is 4. The number of nitrogen functional groups attached to an aromatic ring is 1. The molecule has 1 atom stereocenters. The lowest BCUT2D eigenvalue weighted by Gasteiger charge is -2.29. The van der Waals surface area contributed by atoms with E-state index in [1.807, 2.05) is 16.7 Å². The van der Waals surface area contributed by atoms with E-state index in [0.717, 1.165) is 41.9 Å². The molecule has 0 amide bonds. The largest absolute Gasteiger partial charge is 0.416 e. The molecule has 3 N–H and O–H groups in total. The highest BCUT2D eigenvalue weighted by Gasteiger charge is 2.31. The number of hydrogen-bond acceptors (Lipinski definition) is 7. The van der Waals surface area contributed by atoms with Crippen LogP contribution in [0.25, 0.3) is 16.7 Å². The molecule has 0 unspecified atom stereocenters. The Kier molecular flexibility index (Phi) is 5.43. The van der Waals surface area contributed by atoms with Gasteiger partial charge in [0.2, 0.25) is 0 Å². The lowest BCUT2D eigenvalue weighted by molar-refractivity contribution is -0.137. The first-order chi connectivity index (χ1) is 16.2. The first-order valence-corrected chi connectivity index (χ1v) is 10.9. The van der Waals surface area contributed by atoms with E-state index in [1.165, 1.54) is 6.07 Å². The highest BCUT2D eigenvalue weighted by atomic mass is 19.4. The molecule has 4 heterocycles. The summed E-state index contributed by atoms with van der Waals surface area (Å²) in [6.07, 6.45) is -0.922. The summed E-state index contributed by atoms with van der Waals surface area (Å²) in [5.74, 6) is 1.05. The Morgan fingerprint density at radius 3 is 2.59 bits per heavy atom. The SMILES string of the molecule is Cc1nc(N[C@H](C)c2cc(N)cc(C(F)(F)F)c2)c2cc(N3CCOCC3)c3nccn3c2n1. The minimum Gasteiger partial charge on any atom is -0.399 e. The minimum atomic E-state index is -4.48. The third kappa shape index (κ3) is 4.07. The van der Waals surface area contributed by atoms with Gasteiger partial charge in [0.25, 0.3) is 0 Å². The number of fused-ring (bicyclic) bond motifs is 3. The summed E-state index contributed by atoms with van der Waals surface area (Å²) in [6.45, 7) is 6.24. The van der Waals surface area contributed by atoms with Crippen LogP contribution in [0.1, 0.15) is 29.9 Å². The Labute approximate surface area is 193 Å². The second-order valence-corrected chi connectivity index (χ2v) is 8.36. The monoisotopic (exact) mass is 471 g/mol. The van der Waals surface area contributed by atoms with E-state index in [1.54, 1.807) is 20.0 Å². The number of morpholine rings is 1. The number of nitrogens with two attached hydrogens (primary N) is 1. The van der Waals surface area contributed by atoms with Crippen LogP contribution in [0, 0.1) is 6.92 Å². The van der Waals surface area contributed by atoms with Crippen LogP contribution in [0.3, 0.4) is 0 Å². The number of ether oxygens (including phenoxy) is 1. The summed E-state index contributed by atoms with van der Waals surface area (Å²) < 4.78 is 47.4. The number of anilines is 3. The number of aromatic nitrogens is 4. The lowest BCUT2D eigenvalue weighted by Crippen LogP contribution is -2.36. The van der Waals surface area contributed by atoms with E-state index in [0.29, 0.717) is 36.1 Å². The predicted molar refractivity (Wildman–Crippen MR) is 124 cm³/mol. The number of alkyl halides is 3. The van der Waals surface area contributed by atoms with Gasteiger partial charge in [-0.25, -0.2) is 15.0 Å². The van der Waals surface area contributed by atoms with E-state index in [2.05, 4.69) is 25.2 Å². The van der Waals surface area contributed by atoms with Crippen LogP contribution in [0.4, 0.5) is 30.4 Å². The van der Waals surface area contributed by atoms with E-state index in [-0.39, 0.29) is 5.69 Å². The standard InChI is InChI=1S/C23H24F3N7O/c1-13(15-9-16(23(24,25)26)11-17(27)10-15)29-20-18-12-19(32-5-7-34-8-6-32)22-28-3-4-33(22)21(18)31-14(2)30-20/h3-4,9-13H,5-8,27H2,1-2H3,(H,29,30,31)/t13-/m1/s1. The van der Waals surface area contributed by atoms with E-state index < -0.39 is 17.8 Å². The van der Waals surface area contributed by atoms with Crippen molar-refractivity contribution in [2.75, 3.05) is 42.3 Å². The molecule has 34 heavy (non-hydrogen) atoms. The fraction of sp³-hybridized carbons (Fsp3) is 0.348. The number of nitrogens with zero attached hydrogens (tertiary/aromatic N) is 5. The molecule has 1 saturated heterocycles. The van der Waals surface area contributed by atoms with Crippen LogP contribution in [0.2, 0.25) is 0 Å². The average Bonchev–Trinajstić information content (AvgIpc) is 3.28. The molecule has 5 rings (SSSR count). The molecule has 0 aliphatic carbocycles. The highest BCUT2D eigenvalue weighted by molar-refractivity contribution is 5.94. The number of nitrogens with one attached hydrogen (secondary N) is 1. The van der Waals surface area contributed by atoms with Gasteiger partial charge in [-0.3, -0.25) is 4.40 Å². The number of imidazole rings is 1.